The highest BCUT2D eigenvalue weighted by atomic mass is 16.5. The molecule has 1 rings (SSSR count). The summed E-state index contributed by atoms with van der Waals surface area (Å²) >= 11 is 0. The zero-order valence-corrected chi connectivity index (χ0v) is 9.40. The number of rotatable bonds is 3. The molecule has 0 aromatic heterocycles. The zero-order chi connectivity index (χ0) is 11.3. The van der Waals surface area contributed by atoms with Crippen molar-refractivity contribution >= 4 is 11.6 Å². The molecule has 0 radical (unpaired) electrons. The van der Waals surface area contributed by atoms with Gasteiger partial charge in [-0.1, -0.05) is 0 Å². The molecular formula is C11H17N3O. The largest absolute Gasteiger partial charge is 0.497 e. The fourth-order valence-corrected chi connectivity index (χ4v) is 1.21. The van der Waals surface area contributed by atoms with Crippen LogP contribution >= 0.6 is 0 Å². The molecular weight excluding hydrogens is 190 g/mol. The van der Waals surface area contributed by atoms with Gasteiger partial charge in [0, 0.05) is 19.3 Å². The second-order valence-corrected chi connectivity index (χ2v) is 3.09. The summed E-state index contributed by atoms with van der Waals surface area (Å²) < 4.78 is 5.08. The van der Waals surface area contributed by atoms with E-state index in [1.807, 2.05) is 43.1 Å². The molecule has 0 atom stereocenters. The van der Waals surface area contributed by atoms with Gasteiger partial charge in [-0.3, -0.25) is 4.99 Å². The highest BCUT2D eigenvalue weighted by molar-refractivity contribution is 5.94. The number of ether oxygens (including phenoxy) is 1. The van der Waals surface area contributed by atoms with Gasteiger partial charge in [0.15, 0.2) is 5.96 Å². The molecule has 0 aliphatic heterocycles. The van der Waals surface area contributed by atoms with Crippen LogP contribution in [0.5, 0.6) is 5.75 Å². The van der Waals surface area contributed by atoms with Gasteiger partial charge in [-0.15, -0.1) is 0 Å². The third kappa shape index (κ3) is 2.87. The van der Waals surface area contributed by atoms with Gasteiger partial charge in [-0.05, 0) is 31.2 Å². The number of benzene rings is 1. The molecule has 4 nitrogen and oxygen atoms in total. The van der Waals surface area contributed by atoms with E-state index in [9.17, 15) is 0 Å². The summed E-state index contributed by atoms with van der Waals surface area (Å²) in [7, 11) is 3.53. The van der Waals surface area contributed by atoms with E-state index in [1.165, 1.54) is 0 Å². The first-order chi connectivity index (χ1) is 7.19. The molecule has 1 aromatic rings. The van der Waals surface area contributed by atoms with Crippen molar-refractivity contribution in [1.82, 2.24) is 0 Å². The maximum Gasteiger partial charge on any atom is 0.195 e. The standard InChI is InChI=1S/C11H17N3O/c1-4-13-11(12)14(2)9-5-7-10(15-3)8-6-9/h5-8H,4H2,1-3H3,(H2,12,13). The number of hydrogen-bond donors (Lipinski definition) is 1. The van der Waals surface area contributed by atoms with E-state index in [0.29, 0.717) is 12.5 Å². The van der Waals surface area contributed by atoms with E-state index < -0.39 is 0 Å². The molecule has 0 aliphatic carbocycles. The van der Waals surface area contributed by atoms with Crippen molar-refractivity contribution in [2.24, 2.45) is 10.7 Å². The van der Waals surface area contributed by atoms with Crippen molar-refractivity contribution in [1.29, 1.82) is 0 Å². The second kappa shape index (κ2) is 5.24. The van der Waals surface area contributed by atoms with Crippen LogP contribution in [0.3, 0.4) is 0 Å². The average molecular weight is 207 g/mol. The third-order valence-electron chi connectivity index (χ3n) is 2.12. The van der Waals surface area contributed by atoms with Gasteiger partial charge in [-0.2, -0.15) is 0 Å². The maximum atomic E-state index is 5.77. The predicted molar refractivity (Wildman–Crippen MR) is 63.6 cm³/mol. The molecule has 0 aliphatic rings. The van der Waals surface area contributed by atoms with E-state index in [0.717, 1.165) is 11.4 Å². The van der Waals surface area contributed by atoms with Crippen LogP contribution in [-0.2, 0) is 0 Å². The monoisotopic (exact) mass is 207 g/mol. The van der Waals surface area contributed by atoms with Crippen LogP contribution in [0.25, 0.3) is 0 Å². The van der Waals surface area contributed by atoms with Gasteiger partial charge in [-0.25, -0.2) is 0 Å². The van der Waals surface area contributed by atoms with Crippen LogP contribution in [-0.4, -0.2) is 26.7 Å². The van der Waals surface area contributed by atoms with Gasteiger partial charge >= 0.3 is 0 Å². The van der Waals surface area contributed by atoms with Gasteiger partial charge in [0.25, 0.3) is 0 Å². The molecule has 0 fully saturated rings. The van der Waals surface area contributed by atoms with Gasteiger partial charge in [0.1, 0.15) is 5.75 Å². The second-order valence-electron chi connectivity index (χ2n) is 3.09. The number of nitrogens with zero attached hydrogens (tertiary/aromatic N) is 2. The van der Waals surface area contributed by atoms with Crippen LogP contribution < -0.4 is 15.4 Å². The van der Waals surface area contributed by atoms with Crippen molar-refractivity contribution in [2.75, 3.05) is 25.6 Å². The Bertz CT molecular complexity index is 332. The first-order valence-electron chi connectivity index (χ1n) is 4.86. The molecule has 2 N–H and O–H groups in total. The van der Waals surface area contributed by atoms with Gasteiger partial charge in [0.05, 0.1) is 7.11 Å². The number of aliphatic imine (C=N–C) groups is 1. The highest BCUT2D eigenvalue weighted by Crippen LogP contribution is 2.17. The lowest BCUT2D eigenvalue weighted by atomic mass is 10.3. The Morgan fingerprint density at radius 2 is 2.00 bits per heavy atom. The number of hydrogen-bond acceptors (Lipinski definition) is 2. The van der Waals surface area contributed by atoms with Crippen molar-refractivity contribution in [3.8, 4) is 5.75 Å². The molecule has 82 valence electrons. The Balaban J connectivity index is 2.82. The summed E-state index contributed by atoms with van der Waals surface area (Å²) in [6.45, 7) is 2.64. The number of nitrogens with two attached hydrogens (primary N) is 1. The fourth-order valence-electron chi connectivity index (χ4n) is 1.21. The van der Waals surface area contributed by atoms with E-state index in [-0.39, 0.29) is 0 Å². The van der Waals surface area contributed by atoms with Crippen LogP contribution in [0, 0.1) is 0 Å². The highest BCUT2D eigenvalue weighted by Gasteiger charge is 2.03. The molecule has 0 amide bonds. The van der Waals surface area contributed by atoms with Crippen molar-refractivity contribution in [2.45, 2.75) is 6.92 Å². The van der Waals surface area contributed by atoms with Crippen molar-refractivity contribution in [3.63, 3.8) is 0 Å². The molecule has 4 heteroatoms. The Kier molecular flexibility index (Phi) is 3.97. The van der Waals surface area contributed by atoms with Crippen LogP contribution in [0.2, 0.25) is 0 Å². The fraction of sp³-hybridized carbons (Fsp3) is 0.364. The molecule has 1 aromatic carbocycles. The Hall–Kier alpha value is -1.71. The smallest absolute Gasteiger partial charge is 0.195 e. The van der Waals surface area contributed by atoms with Crippen molar-refractivity contribution in [3.05, 3.63) is 24.3 Å². The molecule has 0 saturated heterocycles. The van der Waals surface area contributed by atoms with Crippen LogP contribution in [0.15, 0.2) is 29.3 Å². The SMILES string of the molecule is CCN=C(N)N(C)c1ccc(OC)cc1. The topological polar surface area (TPSA) is 50.8 Å². The lowest BCUT2D eigenvalue weighted by Gasteiger charge is -2.18. The minimum atomic E-state index is 0.516. The lowest BCUT2D eigenvalue weighted by molar-refractivity contribution is 0.415. The van der Waals surface area contributed by atoms with Crippen molar-refractivity contribution < 1.29 is 4.74 Å². The zero-order valence-electron chi connectivity index (χ0n) is 9.40. The Labute approximate surface area is 90.4 Å². The summed E-state index contributed by atoms with van der Waals surface area (Å²) in [5.41, 5.74) is 6.77. The first kappa shape index (κ1) is 11.4. The first-order valence-corrected chi connectivity index (χ1v) is 4.86. The van der Waals surface area contributed by atoms with Crippen LogP contribution in [0.1, 0.15) is 6.92 Å². The Morgan fingerprint density at radius 3 is 2.47 bits per heavy atom. The Morgan fingerprint density at radius 1 is 1.40 bits per heavy atom. The molecule has 15 heavy (non-hydrogen) atoms. The molecule has 0 bridgehead atoms. The number of guanidine groups is 1. The van der Waals surface area contributed by atoms with E-state index >= 15 is 0 Å². The van der Waals surface area contributed by atoms with Gasteiger partial charge < -0.3 is 15.4 Å². The minimum Gasteiger partial charge on any atom is -0.497 e. The van der Waals surface area contributed by atoms with Crippen LogP contribution in [0.4, 0.5) is 5.69 Å². The summed E-state index contributed by atoms with van der Waals surface area (Å²) in [4.78, 5) is 5.97. The number of anilines is 1. The molecule has 0 unspecified atom stereocenters. The van der Waals surface area contributed by atoms with E-state index in [1.54, 1.807) is 7.11 Å². The van der Waals surface area contributed by atoms with E-state index in [4.69, 9.17) is 10.5 Å². The summed E-state index contributed by atoms with van der Waals surface area (Å²) in [6.07, 6.45) is 0. The maximum absolute atomic E-state index is 5.77. The van der Waals surface area contributed by atoms with E-state index in [2.05, 4.69) is 4.99 Å². The normalized spacial score (nSPS) is 11.3. The molecule has 0 heterocycles. The molecule has 0 spiro atoms. The summed E-state index contributed by atoms with van der Waals surface area (Å²) in [5.74, 6) is 1.35. The number of methoxy groups -OCH3 is 1. The van der Waals surface area contributed by atoms with Gasteiger partial charge in [0.2, 0.25) is 0 Å². The quantitative estimate of drug-likeness (QED) is 0.603. The predicted octanol–water partition coefficient (Wildman–Crippen LogP) is 1.47. The summed E-state index contributed by atoms with van der Waals surface area (Å²) in [6, 6.07) is 7.67. The molecule has 0 saturated carbocycles. The lowest BCUT2D eigenvalue weighted by Crippen LogP contribution is -2.33. The summed E-state index contributed by atoms with van der Waals surface area (Å²) in [5, 5.41) is 0. The average Bonchev–Trinajstić information content (AvgIpc) is 2.28. The third-order valence-corrected chi connectivity index (χ3v) is 2.12. The minimum absolute atomic E-state index is 0.516.